The highest BCUT2D eigenvalue weighted by molar-refractivity contribution is 5.85. The topological polar surface area (TPSA) is 66.4 Å². The summed E-state index contributed by atoms with van der Waals surface area (Å²) in [6.07, 6.45) is 4.57. The van der Waals surface area contributed by atoms with E-state index in [1.165, 1.54) is 0 Å². The van der Waals surface area contributed by atoms with Crippen LogP contribution >= 0.6 is 0 Å². The summed E-state index contributed by atoms with van der Waals surface area (Å²) in [5.41, 5.74) is 0. The second-order valence-electron chi connectivity index (χ2n) is 4.42. The first-order valence-corrected chi connectivity index (χ1v) is 5.70. The van der Waals surface area contributed by atoms with Gasteiger partial charge in [-0.05, 0) is 26.2 Å². The van der Waals surface area contributed by atoms with Gasteiger partial charge >= 0.3 is 5.97 Å². The summed E-state index contributed by atoms with van der Waals surface area (Å²) in [4.78, 5) is 22.8. The zero-order chi connectivity index (χ0) is 12.1. The Labute approximate surface area is 95.7 Å². The van der Waals surface area contributed by atoms with Crippen LogP contribution in [0.25, 0.3) is 0 Å². The van der Waals surface area contributed by atoms with Gasteiger partial charge in [0.1, 0.15) is 0 Å². The zero-order valence-corrected chi connectivity index (χ0v) is 9.61. The molecule has 2 N–H and O–H groups in total. The molecule has 0 bridgehead atoms. The van der Waals surface area contributed by atoms with Crippen molar-refractivity contribution in [3.8, 4) is 0 Å². The van der Waals surface area contributed by atoms with E-state index in [1.807, 2.05) is 6.92 Å². The van der Waals surface area contributed by atoms with E-state index in [0.29, 0.717) is 19.3 Å². The summed E-state index contributed by atoms with van der Waals surface area (Å²) in [6.45, 7) is 5.50. The molecule has 0 radical (unpaired) electrons. The Bertz CT molecular complexity index is 288. The zero-order valence-electron chi connectivity index (χ0n) is 9.61. The van der Waals surface area contributed by atoms with Crippen LogP contribution in [0.15, 0.2) is 12.7 Å². The first-order valence-electron chi connectivity index (χ1n) is 5.70. The summed E-state index contributed by atoms with van der Waals surface area (Å²) in [6, 6.07) is 0.0278. The van der Waals surface area contributed by atoms with Crippen LogP contribution in [0.3, 0.4) is 0 Å². The second-order valence-corrected chi connectivity index (χ2v) is 4.42. The van der Waals surface area contributed by atoms with Crippen LogP contribution in [0.2, 0.25) is 0 Å². The molecular formula is C12H19NO3. The largest absolute Gasteiger partial charge is 0.481 e. The summed E-state index contributed by atoms with van der Waals surface area (Å²) in [5, 5.41) is 11.8. The lowest BCUT2D eigenvalue weighted by Crippen LogP contribution is -2.39. The number of carboxylic acids is 1. The fraction of sp³-hybridized carbons (Fsp3) is 0.667. The van der Waals surface area contributed by atoms with Gasteiger partial charge in [-0.3, -0.25) is 9.59 Å². The Balaban J connectivity index is 2.52. The third kappa shape index (κ3) is 3.08. The van der Waals surface area contributed by atoms with Gasteiger partial charge in [-0.2, -0.15) is 0 Å². The number of carbonyl (C=O) groups excluding carboxylic acids is 1. The smallest absolute Gasteiger partial charge is 0.307 e. The molecule has 0 aromatic carbocycles. The van der Waals surface area contributed by atoms with Crippen LogP contribution in [-0.2, 0) is 9.59 Å². The van der Waals surface area contributed by atoms with Gasteiger partial charge in [0.05, 0.1) is 11.8 Å². The van der Waals surface area contributed by atoms with E-state index in [2.05, 4.69) is 11.9 Å². The molecule has 0 aliphatic heterocycles. The minimum absolute atomic E-state index is 0.0278. The number of amides is 1. The maximum atomic E-state index is 11.8. The SMILES string of the molecule is C=CCC(C)NC(=O)C1CCCC1C(=O)O. The van der Waals surface area contributed by atoms with Gasteiger partial charge in [-0.15, -0.1) is 6.58 Å². The number of rotatable bonds is 5. The molecule has 1 rings (SSSR count). The molecule has 4 nitrogen and oxygen atoms in total. The highest BCUT2D eigenvalue weighted by atomic mass is 16.4. The summed E-state index contributed by atoms with van der Waals surface area (Å²) >= 11 is 0. The van der Waals surface area contributed by atoms with Gasteiger partial charge in [0.25, 0.3) is 0 Å². The molecule has 1 fully saturated rings. The van der Waals surface area contributed by atoms with Gasteiger partial charge in [0.2, 0.25) is 5.91 Å². The lowest BCUT2D eigenvalue weighted by Gasteiger charge is -2.18. The third-order valence-corrected chi connectivity index (χ3v) is 3.08. The molecule has 4 heteroatoms. The molecule has 1 aliphatic carbocycles. The second kappa shape index (κ2) is 5.68. The number of carboxylic acid groups (broad SMARTS) is 1. The van der Waals surface area contributed by atoms with Gasteiger partial charge < -0.3 is 10.4 Å². The molecule has 1 amide bonds. The van der Waals surface area contributed by atoms with Crippen LogP contribution < -0.4 is 5.32 Å². The van der Waals surface area contributed by atoms with E-state index in [0.717, 1.165) is 6.42 Å². The summed E-state index contributed by atoms with van der Waals surface area (Å²) in [7, 11) is 0. The monoisotopic (exact) mass is 225 g/mol. The molecule has 16 heavy (non-hydrogen) atoms. The average molecular weight is 225 g/mol. The standard InChI is InChI=1S/C12H19NO3/c1-3-5-8(2)13-11(14)9-6-4-7-10(9)12(15)16/h3,8-10H,1,4-7H2,2H3,(H,13,14)(H,15,16). The number of hydrogen-bond donors (Lipinski definition) is 2. The van der Waals surface area contributed by atoms with E-state index in [1.54, 1.807) is 6.08 Å². The number of nitrogens with one attached hydrogen (secondary N) is 1. The van der Waals surface area contributed by atoms with Crippen LogP contribution in [0.1, 0.15) is 32.6 Å². The van der Waals surface area contributed by atoms with Gasteiger partial charge in [-0.25, -0.2) is 0 Å². The Morgan fingerprint density at radius 1 is 1.50 bits per heavy atom. The van der Waals surface area contributed by atoms with Crippen molar-refractivity contribution in [3.63, 3.8) is 0 Å². The van der Waals surface area contributed by atoms with Crippen LogP contribution in [0.4, 0.5) is 0 Å². The molecule has 0 aromatic rings. The van der Waals surface area contributed by atoms with Crippen molar-refractivity contribution < 1.29 is 14.7 Å². The Kier molecular flexibility index (Phi) is 4.52. The van der Waals surface area contributed by atoms with E-state index < -0.39 is 11.9 Å². The molecule has 0 spiro atoms. The predicted octanol–water partition coefficient (Wildman–Crippen LogP) is 1.57. The molecule has 0 saturated heterocycles. The van der Waals surface area contributed by atoms with Gasteiger partial charge in [-0.1, -0.05) is 12.5 Å². The number of hydrogen-bond acceptors (Lipinski definition) is 2. The van der Waals surface area contributed by atoms with E-state index in [-0.39, 0.29) is 17.9 Å². The van der Waals surface area contributed by atoms with Crippen molar-refractivity contribution >= 4 is 11.9 Å². The highest BCUT2D eigenvalue weighted by Gasteiger charge is 2.37. The van der Waals surface area contributed by atoms with E-state index in [9.17, 15) is 9.59 Å². The summed E-state index contributed by atoms with van der Waals surface area (Å²) in [5.74, 6) is -1.84. The fourth-order valence-electron chi connectivity index (χ4n) is 2.23. The van der Waals surface area contributed by atoms with Crippen molar-refractivity contribution in [1.29, 1.82) is 0 Å². The quantitative estimate of drug-likeness (QED) is 0.698. The number of aliphatic carboxylic acids is 1. The fourth-order valence-corrected chi connectivity index (χ4v) is 2.23. The molecule has 3 unspecified atom stereocenters. The van der Waals surface area contributed by atoms with Crippen molar-refractivity contribution in [2.45, 2.75) is 38.6 Å². The molecular weight excluding hydrogens is 206 g/mol. The van der Waals surface area contributed by atoms with Crippen molar-refractivity contribution in [1.82, 2.24) is 5.32 Å². The molecule has 0 heterocycles. The molecule has 1 saturated carbocycles. The maximum absolute atomic E-state index is 11.8. The van der Waals surface area contributed by atoms with E-state index >= 15 is 0 Å². The first kappa shape index (κ1) is 12.7. The van der Waals surface area contributed by atoms with Crippen LogP contribution in [0.5, 0.6) is 0 Å². The van der Waals surface area contributed by atoms with Gasteiger partial charge in [0, 0.05) is 6.04 Å². The molecule has 0 aromatic heterocycles. The highest BCUT2D eigenvalue weighted by Crippen LogP contribution is 2.32. The third-order valence-electron chi connectivity index (χ3n) is 3.08. The minimum Gasteiger partial charge on any atom is -0.481 e. The Morgan fingerprint density at radius 3 is 2.69 bits per heavy atom. The first-order chi connectivity index (χ1) is 7.56. The lowest BCUT2D eigenvalue weighted by atomic mass is 9.95. The average Bonchev–Trinajstić information content (AvgIpc) is 2.65. The normalized spacial score (nSPS) is 26.1. The van der Waals surface area contributed by atoms with Crippen molar-refractivity contribution in [2.75, 3.05) is 0 Å². The minimum atomic E-state index is -0.853. The van der Waals surface area contributed by atoms with Crippen molar-refractivity contribution in [2.24, 2.45) is 11.8 Å². The van der Waals surface area contributed by atoms with E-state index in [4.69, 9.17) is 5.11 Å². The predicted molar refractivity (Wildman–Crippen MR) is 60.9 cm³/mol. The van der Waals surface area contributed by atoms with Crippen molar-refractivity contribution in [3.05, 3.63) is 12.7 Å². The lowest BCUT2D eigenvalue weighted by molar-refractivity contribution is -0.146. The van der Waals surface area contributed by atoms with Crippen LogP contribution in [0, 0.1) is 11.8 Å². The number of carbonyl (C=O) groups is 2. The molecule has 1 aliphatic rings. The van der Waals surface area contributed by atoms with Gasteiger partial charge in [0.15, 0.2) is 0 Å². The Morgan fingerprint density at radius 2 is 2.12 bits per heavy atom. The molecule has 90 valence electrons. The summed E-state index contributed by atoms with van der Waals surface area (Å²) < 4.78 is 0. The Hall–Kier alpha value is -1.32. The molecule has 3 atom stereocenters. The maximum Gasteiger partial charge on any atom is 0.307 e. The van der Waals surface area contributed by atoms with Crippen LogP contribution in [-0.4, -0.2) is 23.0 Å².